The zero-order valence-corrected chi connectivity index (χ0v) is 10.5. The molecule has 1 rings (SSSR count). The largest absolute Gasteiger partial charge is 0.369 e. The summed E-state index contributed by atoms with van der Waals surface area (Å²) in [6.45, 7) is 1.58. The highest BCUT2D eigenvalue weighted by molar-refractivity contribution is 6.18. The van der Waals surface area contributed by atoms with Gasteiger partial charge < -0.3 is 10.7 Å². The molecule has 0 amide bonds. The molecule has 0 heterocycles. The van der Waals surface area contributed by atoms with Gasteiger partial charge in [-0.2, -0.15) is 5.10 Å². The standard InChI is InChI=1S/C11H15Cl2N3/c12-5-7-16(8-6-13)11-3-1-10(2-4-11)9-15-14/h1-4,9H,5-8,14H2. The van der Waals surface area contributed by atoms with Crippen molar-refractivity contribution in [1.29, 1.82) is 0 Å². The zero-order chi connectivity index (χ0) is 11.8. The fourth-order valence-electron chi connectivity index (χ4n) is 1.43. The Labute approximate surface area is 106 Å². The minimum atomic E-state index is 0.586. The van der Waals surface area contributed by atoms with E-state index in [1.54, 1.807) is 6.21 Å². The van der Waals surface area contributed by atoms with Crippen LogP contribution in [0.15, 0.2) is 29.4 Å². The Morgan fingerprint density at radius 3 is 2.12 bits per heavy atom. The maximum absolute atomic E-state index is 5.74. The van der Waals surface area contributed by atoms with Crippen molar-refractivity contribution in [2.75, 3.05) is 29.7 Å². The van der Waals surface area contributed by atoms with Crippen LogP contribution in [0.3, 0.4) is 0 Å². The number of rotatable bonds is 6. The molecule has 0 spiro atoms. The predicted octanol–water partition coefficient (Wildman–Crippen LogP) is 2.26. The van der Waals surface area contributed by atoms with Gasteiger partial charge in [0.05, 0.1) is 6.21 Å². The van der Waals surface area contributed by atoms with Crippen molar-refractivity contribution >= 4 is 35.1 Å². The normalized spacial score (nSPS) is 10.9. The van der Waals surface area contributed by atoms with Gasteiger partial charge in [0.25, 0.3) is 0 Å². The number of benzene rings is 1. The van der Waals surface area contributed by atoms with Crippen LogP contribution in [0.4, 0.5) is 5.69 Å². The molecule has 0 aliphatic carbocycles. The van der Waals surface area contributed by atoms with Gasteiger partial charge in [0.1, 0.15) is 0 Å². The van der Waals surface area contributed by atoms with Gasteiger partial charge in [-0.05, 0) is 17.7 Å². The monoisotopic (exact) mass is 259 g/mol. The number of hydrogen-bond acceptors (Lipinski definition) is 3. The van der Waals surface area contributed by atoms with E-state index in [9.17, 15) is 0 Å². The van der Waals surface area contributed by atoms with Crippen LogP contribution in [0.25, 0.3) is 0 Å². The third kappa shape index (κ3) is 3.91. The smallest absolute Gasteiger partial charge is 0.0538 e. The lowest BCUT2D eigenvalue weighted by atomic mass is 10.2. The van der Waals surface area contributed by atoms with E-state index in [2.05, 4.69) is 10.0 Å². The van der Waals surface area contributed by atoms with Crippen LogP contribution in [0.1, 0.15) is 5.56 Å². The third-order valence-electron chi connectivity index (χ3n) is 2.19. The van der Waals surface area contributed by atoms with Crippen LogP contribution in [0.5, 0.6) is 0 Å². The van der Waals surface area contributed by atoms with Gasteiger partial charge in [-0.3, -0.25) is 0 Å². The van der Waals surface area contributed by atoms with E-state index in [1.807, 2.05) is 24.3 Å². The molecule has 1 aromatic rings. The first-order valence-corrected chi connectivity index (χ1v) is 6.09. The van der Waals surface area contributed by atoms with Crippen molar-refractivity contribution in [3.8, 4) is 0 Å². The summed E-state index contributed by atoms with van der Waals surface area (Å²) < 4.78 is 0. The number of nitrogens with two attached hydrogens (primary N) is 1. The van der Waals surface area contributed by atoms with Crippen molar-refractivity contribution in [1.82, 2.24) is 0 Å². The minimum Gasteiger partial charge on any atom is -0.369 e. The second kappa shape index (κ2) is 7.36. The third-order valence-corrected chi connectivity index (χ3v) is 2.53. The van der Waals surface area contributed by atoms with E-state index in [1.165, 1.54) is 0 Å². The van der Waals surface area contributed by atoms with Gasteiger partial charge in [0.2, 0.25) is 0 Å². The molecule has 0 aliphatic heterocycles. The van der Waals surface area contributed by atoms with Crippen LogP contribution in [-0.2, 0) is 0 Å². The van der Waals surface area contributed by atoms with E-state index in [-0.39, 0.29) is 0 Å². The van der Waals surface area contributed by atoms with Crippen molar-refractivity contribution < 1.29 is 0 Å². The van der Waals surface area contributed by atoms with E-state index >= 15 is 0 Å². The van der Waals surface area contributed by atoms with Crippen molar-refractivity contribution in [3.63, 3.8) is 0 Å². The van der Waals surface area contributed by atoms with Crippen molar-refractivity contribution in [2.24, 2.45) is 10.9 Å². The molecule has 88 valence electrons. The maximum Gasteiger partial charge on any atom is 0.0538 e. The van der Waals surface area contributed by atoms with Gasteiger partial charge in [0, 0.05) is 30.5 Å². The Morgan fingerprint density at radius 2 is 1.69 bits per heavy atom. The van der Waals surface area contributed by atoms with Crippen LogP contribution in [0, 0.1) is 0 Å². The first-order valence-electron chi connectivity index (χ1n) is 5.02. The van der Waals surface area contributed by atoms with Crippen LogP contribution in [-0.4, -0.2) is 31.1 Å². The maximum atomic E-state index is 5.74. The van der Waals surface area contributed by atoms with Gasteiger partial charge >= 0.3 is 0 Å². The molecule has 0 saturated carbocycles. The first kappa shape index (κ1) is 13.1. The molecule has 0 atom stereocenters. The quantitative estimate of drug-likeness (QED) is 0.369. The summed E-state index contributed by atoms with van der Waals surface area (Å²) in [4.78, 5) is 2.14. The number of anilines is 1. The fraction of sp³-hybridized carbons (Fsp3) is 0.364. The topological polar surface area (TPSA) is 41.6 Å². The number of nitrogens with zero attached hydrogens (tertiary/aromatic N) is 2. The van der Waals surface area contributed by atoms with E-state index < -0.39 is 0 Å². The second-order valence-electron chi connectivity index (χ2n) is 3.23. The van der Waals surface area contributed by atoms with Crippen LogP contribution in [0.2, 0.25) is 0 Å². The molecule has 0 radical (unpaired) electrons. The molecule has 0 aromatic heterocycles. The molecule has 0 aliphatic rings. The van der Waals surface area contributed by atoms with Gasteiger partial charge in [-0.25, -0.2) is 0 Å². The average molecular weight is 260 g/mol. The highest BCUT2D eigenvalue weighted by Crippen LogP contribution is 2.14. The molecule has 0 bridgehead atoms. The summed E-state index contributed by atoms with van der Waals surface area (Å²) in [6.07, 6.45) is 1.61. The van der Waals surface area contributed by atoms with Crippen LogP contribution < -0.4 is 10.7 Å². The van der Waals surface area contributed by atoms with E-state index in [0.29, 0.717) is 11.8 Å². The number of alkyl halides is 2. The Morgan fingerprint density at radius 1 is 1.12 bits per heavy atom. The molecule has 3 nitrogen and oxygen atoms in total. The molecule has 0 saturated heterocycles. The summed E-state index contributed by atoms with van der Waals surface area (Å²) >= 11 is 11.5. The molecule has 0 unspecified atom stereocenters. The summed E-state index contributed by atoms with van der Waals surface area (Å²) in [5, 5.41) is 3.47. The lowest BCUT2D eigenvalue weighted by Crippen LogP contribution is -2.27. The predicted molar refractivity (Wildman–Crippen MR) is 71.9 cm³/mol. The summed E-state index contributed by atoms with van der Waals surface area (Å²) in [7, 11) is 0. The molecular formula is C11H15Cl2N3. The van der Waals surface area contributed by atoms with Crippen molar-refractivity contribution in [2.45, 2.75) is 0 Å². The van der Waals surface area contributed by atoms with Crippen molar-refractivity contribution in [3.05, 3.63) is 29.8 Å². The average Bonchev–Trinajstić information content (AvgIpc) is 2.30. The molecular weight excluding hydrogens is 245 g/mol. The lowest BCUT2D eigenvalue weighted by Gasteiger charge is -2.22. The number of hydrogen-bond donors (Lipinski definition) is 1. The fourth-order valence-corrected chi connectivity index (χ4v) is 1.84. The van der Waals surface area contributed by atoms with Gasteiger partial charge in [-0.15, -0.1) is 23.2 Å². The van der Waals surface area contributed by atoms with E-state index in [0.717, 1.165) is 24.3 Å². The summed E-state index contributed by atoms with van der Waals surface area (Å²) in [5.41, 5.74) is 2.08. The number of hydrazone groups is 1. The SMILES string of the molecule is NN=Cc1ccc(N(CCCl)CCCl)cc1. The summed E-state index contributed by atoms with van der Waals surface area (Å²) in [6, 6.07) is 7.94. The van der Waals surface area contributed by atoms with E-state index in [4.69, 9.17) is 29.0 Å². The molecule has 5 heteroatoms. The Bertz CT molecular complexity index is 319. The van der Waals surface area contributed by atoms with Gasteiger partial charge in [-0.1, -0.05) is 12.1 Å². The Balaban J connectivity index is 2.76. The van der Waals surface area contributed by atoms with Gasteiger partial charge in [0.15, 0.2) is 0 Å². The molecule has 0 fully saturated rings. The lowest BCUT2D eigenvalue weighted by molar-refractivity contribution is 0.874. The highest BCUT2D eigenvalue weighted by atomic mass is 35.5. The van der Waals surface area contributed by atoms with Crippen LogP contribution >= 0.6 is 23.2 Å². The minimum absolute atomic E-state index is 0.586. The highest BCUT2D eigenvalue weighted by Gasteiger charge is 2.04. The molecule has 2 N–H and O–H groups in total. The first-order chi connectivity index (χ1) is 7.81. The Hall–Kier alpha value is -0.930. The molecule has 16 heavy (non-hydrogen) atoms. The second-order valence-corrected chi connectivity index (χ2v) is 3.99. The molecule has 1 aromatic carbocycles. The number of halogens is 2. The zero-order valence-electron chi connectivity index (χ0n) is 8.94. The summed E-state index contributed by atoms with van der Waals surface area (Å²) in [5.74, 6) is 6.25. The Kier molecular flexibility index (Phi) is 6.04.